The Morgan fingerprint density at radius 1 is 1.03 bits per heavy atom. The van der Waals surface area contributed by atoms with Crippen molar-refractivity contribution in [3.05, 3.63) is 53.7 Å². The van der Waals surface area contributed by atoms with Crippen molar-refractivity contribution < 1.29 is 32.6 Å². The van der Waals surface area contributed by atoms with Gasteiger partial charge in [0.1, 0.15) is 0 Å². The van der Waals surface area contributed by atoms with Crippen LogP contribution in [0, 0.1) is 5.92 Å². The molecule has 0 spiro atoms. The number of nitrogens with one attached hydrogen (secondary N) is 3. The summed E-state index contributed by atoms with van der Waals surface area (Å²) in [5.74, 6) is -0.565. The molecule has 35 heavy (non-hydrogen) atoms. The summed E-state index contributed by atoms with van der Waals surface area (Å²) in [6.07, 6.45) is 2.07. The maximum atomic E-state index is 12.6. The summed E-state index contributed by atoms with van der Waals surface area (Å²) in [6, 6.07) is 8.49. The maximum absolute atomic E-state index is 12.6. The molecule has 11 nitrogen and oxygen atoms in total. The molecule has 2 aromatic rings. The minimum absolute atomic E-state index is 0.00711. The second kappa shape index (κ2) is 13.4. The van der Waals surface area contributed by atoms with Crippen molar-refractivity contribution in [3.63, 3.8) is 0 Å². The van der Waals surface area contributed by atoms with E-state index in [-0.39, 0.29) is 35.4 Å². The van der Waals surface area contributed by atoms with Crippen LogP contribution in [0.4, 0.5) is 4.79 Å². The largest absolute Gasteiger partial charge is 0.414 e. The normalized spacial score (nSPS) is 11.1. The number of hydrogen-bond donors (Lipinski definition) is 4. The highest BCUT2D eigenvalue weighted by molar-refractivity contribution is 7.90. The SMILES string of the molecule is CC(C)CCC(=O)NCCc1ccc(S(=O)(=O)NC(=O)c2ccc(OC(=O)NCCO)nc2)cc1. The number of rotatable bonds is 12. The number of ether oxygens (including phenoxy) is 1. The van der Waals surface area contributed by atoms with E-state index in [1.54, 1.807) is 12.1 Å². The fourth-order valence-corrected chi connectivity index (χ4v) is 3.77. The minimum atomic E-state index is -4.13. The molecule has 190 valence electrons. The lowest BCUT2D eigenvalue weighted by Crippen LogP contribution is -2.31. The van der Waals surface area contributed by atoms with Crippen LogP contribution >= 0.6 is 0 Å². The Kier molecular flexibility index (Phi) is 10.6. The number of pyridine rings is 1. The van der Waals surface area contributed by atoms with E-state index >= 15 is 0 Å². The van der Waals surface area contributed by atoms with Gasteiger partial charge in [-0.2, -0.15) is 0 Å². The van der Waals surface area contributed by atoms with Crippen LogP contribution in [0.1, 0.15) is 42.6 Å². The van der Waals surface area contributed by atoms with E-state index in [4.69, 9.17) is 9.84 Å². The van der Waals surface area contributed by atoms with Crippen molar-refractivity contribution in [2.45, 2.75) is 38.0 Å². The van der Waals surface area contributed by atoms with Crippen LogP contribution in [0.2, 0.25) is 0 Å². The summed E-state index contributed by atoms with van der Waals surface area (Å²) in [7, 11) is -4.13. The van der Waals surface area contributed by atoms with E-state index in [0.29, 0.717) is 25.3 Å². The molecular weight excluding hydrogens is 476 g/mol. The van der Waals surface area contributed by atoms with E-state index in [1.165, 1.54) is 24.3 Å². The quantitative estimate of drug-likeness (QED) is 0.335. The van der Waals surface area contributed by atoms with Gasteiger partial charge in [0.2, 0.25) is 11.8 Å². The van der Waals surface area contributed by atoms with Gasteiger partial charge in [0.05, 0.1) is 17.1 Å². The van der Waals surface area contributed by atoms with E-state index in [9.17, 15) is 22.8 Å². The number of aromatic nitrogens is 1. The zero-order valence-electron chi connectivity index (χ0n) is 19.6. The summed E-state index contributed by atoms with van der Waals surface area (Å²) in [4.78, 5) is 39.3. The van der Waals surface area contributed by atoms with Gasteiger partial charge in [-0.1, -0.05) is 26.0 Å². The highest BCUT2D eigenvalue weighted by Crippen LogP contribution is 2.13. The van der Waals surface area contributed by atoms with Crippen LogP contribution in [-0.2, 0) is 21.2 Å². The van der Waals surface area contributed by atoms with Gasteiger partial charge >= 0.3 is 6.09 Å². The molecule has 0 unspecified atom stereocenters. The molecule has 1 aromatic heterocycles. The van der Waals surface area contributed by atoms with E-state index in [2.05, 4.69) is 29.5 Å². The first-order chi connectivity index (χ1) is 16.6. The first kappa shape index (κ1) is 27.7. The fourth-order valence-electron chi connectivity index (χ4n) is 2.79. The molecule has 0 aliphatic carbocycles. The third kappa shape index (κ3) is 9.71. The lowest BCUT2D eigenvalue weighted by atomic mass is 10.1. The topological polar surface area (TPSA) is 164 Å². The maximum Gasteiger partial charge on any atom is 0.414 e. The predicted octanol–water partition coefficient (Wildman–Crippen LogP) is 1.38. The number of benzene rings is 1. The molecule has 0 saturated heterocycles. The number of carbonyl (C=O) groups excluding carboxylic acids is 3. The first-order valence-corrected chi connectivity index (χ1v) is 12.5. The Labute approximate surface area is 204 Å². The molecule has 1 heterocycles. The Bertz CT molecular complexity index is 1100. The molecule has 0 aliphatic rings. The van der Waals surface area contributed by atoms with Gasteiger partial charge < -0.3 is 20.5 Å². The molecule has 3 amide bonds. The van der Waals surface area contributed by atoms with E-state index in [0.717, 1.165) is 18.2 Å². The van der Waals surface area contributed by atoms with Crippen molar-refractivity contribution in [1.82, 2.24) is 20.3 Å². The average molecular weight is 507 g/mol. The second-order valence-corrected chi connectivity index (χ2v) is 9.72. The molecule has 0 saturated carbocycles. The summed E-state index contributed by atoms with van der Waals surface area (Å²) >= 11 is 0. The Morgan fingerprint density at radius 3 is 2.34 bits per heavy atom. The molecule has 12 heteroatoms. The van der Waals surface area contributed by atoms with E-state index < -0.39 is 22.0 Å². The van der Waals surface area contributed by atoms with Crippen LogP contribution in [0.25, 0.3) is 0 Å². The highest BCUT2D eigenvalue weighted by atomic mass is 32.2. The Hall–Kier alpha value is -3.51. The monoisotopic (exact) mass is 506 g/mol. The van der Waals surface area contributed by atoms with Crippen LogP contribution in [0.15, 0.2) is 47.5 Å². The van der Waals surface area contributed by atoms with Crippen LogP contribution < -0.4 is 20.1 Å². The number of sulfonamides is 1. The van der Waals surface area contributed by atoms with Gasteiger partial charge in [0, 0.05) is 31.8 Å². The summed E-state index contributed by atoms with van der Waals surface area (Å²) < 4.78 is 31.9. The summed E-state index contributed by atoms with van der Waals surface area (Å²) in [5.41, 5.74) is 0.781. The number of hydrogen-bond acceptors (Lipinski definition) is 8. The third-order valence-corrected chi connectivity index (χ3v) is 6.07. The number of carbonyl (C=O) groups is 3. The van der Waals surface area contributed by atoms with Gasteiger partial charge in [0.15, 0.2) is 0 Å². The zero-order chi connectivity index (χ0) is 25.8. The van der Waals surface area contributed by atoms with Gasteiger partial charge in [-0.05, 0) is 42.5 Å². The second-order valence-electron chi connectivity index (χ2n) is 8.04. The molecule has 0 fully saturated rings. The third-order valence-electron chi connectivity index (χ3n) is 4.72. The average Bonchev–Trinajstić information content (AvgIpc) is 2.82. The number of nitrogens with zero attached hydrogens (tertiary/aromatic N) is 1. The molecule has 1 aromatic carbocycles. The lowest BCUT2D eigenvalue weighted by molar-refractivity contribution is -0.121. The number of aliphatic hydroxyl groups excluding tert-OH is 1. The van der Waals surface area contributed by atoms with E-state index in [1.807, 2.05) is 4.72 Å². The van der Waals surface area contributed by atoms with Crippen molar-refractivity contribution >= 4 is 27.9 Å². The van der Waals surface area contributed by atoms with Crippen molar-refractivity contribution in [2.75, 3.05) is 19.7 Å². The molecule has 0 radical (unpaired) electrons. The number of amides is 3. The zero-order valence-corrected chi connectivity index (χ0v) is 20.4. The highest BCUT2D eigenvalue weighted by Gasteiger charge is 2.19. The smallest absolute Gasteiger partial charge is 0.395 e. The van der Waals surface area contributed by atoms with Crippen molar-refractivity contribution in [3.8, 4) is 5.88 Å². The summed E-state index contributed by atoms with van der Waals surface area (Å²) in [6.45, 7) is 4.30. The number of aliphatic hydroxyl groups is 1. The molecule has 0 bridgehead atoms. The molecule has 2 rings (SSSR count). The van der Waals surface area contributed by atoms with Crippen molar-refractivity contribution in [2.24, 2.45) is 5.92 Å². The summed E-state index contributed by atoms with van der Waals surface area (Å²) in [5, 5.41) is 13.8. The molecule has 0 atom stereocenters. The van der Waals surface area contributed by atoms with Crippen molar-refractivity contribution in [1.29, 1.82) is 0 Å². The minimum Gasteiger partial charge on any atom is -0.395 e. The molecule has 4 N–H and O–H groups in total. The molecule has 0 aliphatic heterocycles. The van der Waals surface area contributed by atoms with Gasteiger partial charge in [-0.15, -0.1) is 0 Å². The van der Waals surface area contributed by atoms with Crippen LogP contribution in [0.3, 0.4) is 0 Å². The Morgan fingerprint density at radius 2 is 1.74 bits per heavy atom. The fraction of sp³-hybridized carbons (Fsp3) is 0.391. The standard InChI is InChI=1S/C23H30N4O7S/c1-16(2)3-9-20(29)24-12-11-17-4-7-19(8-5-17)35(32,33)27-22(30)18-6-10-21(26-15-18)34-23(31)25-13-14-28/h4-8,10,15-16,28H,3,9,11-14H2,1-2H3,(H,24,29)(H,25,31)(H,27,30). The predicted molar refractivity (Wildman–Crippen MR) is 127 cm³/mol. The first-order valence-electron chi connectivity index (χ1n) is 11.1. The Balaban J connectivity index is 1.89. The molecular formula is C23H30N4O7S. The van der Waals surface area contributed by atoms with Gasteiger partial charge in [0.25, 0.3) is 15.9 Å². The van der Waals surface area contributed by atoms with Crippen LogP contribution in [-0.4, -0.2) is 56.1 Å². The lowest BCUT2D eigenvalue weighted by Gasteiger charge is -2.09. The van der Waals surface area contributed by atoms with Gasteiger partial charge in [-0.25, -0.2) is 22.9 Å². The van der Waals surface area contributed by atoms with Gasteiger partial charge in [-0.3, -0.25) is 9.59 Å². The van der Waals surface area contributed by atoms with Crippen LogP contribution in [0.5, 0.6) is 5.88 Å².